The number of carbonyl (C=O) groups is 1. The van der Waals surface area contributed by atoms with Gasteiger partial charge in [0.2, 0.25) is 5.91 Å². The molecule has 1 heterocycles. The van der Waals surface area contributed by atoms with E-state index in [2.05, 4.69) is 34.2 Å². The van der Waals surface area contributed by atoms with Crippen LogP contribution in [-0.2, 0) is 24.2 Å². The molecular weight excluding hydrogens is 384 g/mol. The zero-order valence-corrected chi connectivity index (χ0v) is 17.2. The third-order valence-corrected chi connectivity index (χ3v) is 5.27. The second kappa shape index (κ2) is 10.5. The SMILES string of the molecule is C=CCn1c(CCc2ccccc2)nnc1SCC(=O)Nc1ccccc1OC. The van der Waals surface area contributed by atoms with E-state index in [1.807, 2.05) is 53.1 Å². The first-order valence-electron chi connectivity index (χ1n) is 9.34. The van der Waals surface area contributed by atoms with Crippen molar-refractivity contribution in [2.24, 2.45) is 0 Å². The molecule has 29 heavy (non-hydrogen) atoms. The standard InChI is InChI=1S/C22H24N4O2S/c1-3-15-26-20(14-13-17-9-5-4-6-10-17)24-25-22(26)29-16-21(27)23-18-11-7-8-12-19(18)28-2/h3-12H,1,13-16H2,2H3,(H,23,27). The number of thioether (sulfide) groups is 1. The van der Waals surface area contributed by atoms with Crippen LogP contribution in [0.25, 0.3) is 0 Å². The summed E-state index contributed by atoms with van der Waals surface area (Å²) in [6.07, 6.45) is 3.47. The van der Waals surface area contributed by atoms with E-state index in [4.69, 9.17) is 4.74 Å². The topological polar surface area (TPSA) is 69.0 Å². The number of para-hydroxylation sites is 2. The Kier molecular flexibility index (Phi) is 7.47. The molecule has 1 amide bonds. The predicted molar refractivity (Wildman–Crippen MR) is 116 cm³/mol. The summed E-state index contributed by atoms with van der Waals surface area (Å²) in [4.78, 5) is 12.4. The number of ether oxygens (including phenoxy) is 1. The Bertz CT molecular complexity index is 956. The van der Waals surface area contributed by atoms with E-state index in [1.54, 1.807) is 7.11 Å². The number of anilines is 1. The van der Waals surface area contributed by atoms with Gasteiger partial charge in [-0.25, -0.2) is 0 Å². The molecule has 3 rings (SSSR count). The van der Waals surface area contributed by atoms with Crippen molar-refractivity contribution in [2.75, 3.05) is 18.2 Å². The highest BCUT2D eigenvalue weighted by Gasteiger charge is 2.14. The molecule has 0 aliphatic carbocycles. The molecule has 1 N–H and O–H groups in total. The van der Waals surface area contributed by atoms with Gasteiger partial charge >= 0.3 is 0 Å². The third kappa shape index (κ3) is 5.71. The zero-order valence-electron chi connectivity index (χ0n) is 16.4. The molecule has 3 aromatic rings. The summed E-state index contributed by atoms with van der Waals surface area (Å²) >= 11 is 1.36. The van der Waals surface area contributed by atoms with Crippen LogP contribution in [0.15, 0.2) is 72.4 Å². The Labute approximate surface area is 175 Å². The number of carbonyl (C=O) groups excluding carboxylic acids is 1. The number of methoxy groups -OCH3 is 1. The number of rotatable bonds is 10. The summed E-state index contributed by atoms with van der Waals surface area (Å²) in [6.45, 7) is 4.43. The van der Waals surface area contributed by atoms with E-state index in [0.717, 1.165) is 18.7 Å². The van der Waals surface area contributed by atoms with Crippen LogP contribution in [-0.4, -0.2) is 33.5 Å². The van der Waals surface area contributed by atoms with Gasteiger partial charge in [0, 0.05) is 13.0 Å². The first kappa shape index (κ1) is 20.7. The van der Waals surface area contributed by atoms with Crippen LogP contribution in [0.2, 0.25) is 0 Å². The van der Waals surface area contributed by atoms with Crippen LogP contribution in [0.4, 0.5) is 5.69 Å². The first-order valence-corrected chi connectivity index (χ1v) is 10.3. The molecule has 1 aromatic heterocycles. The lowest BCUT2D eigenvalue weighted by Crippen LogP contribution is -2.15. The maximum absolute atomic E-state index is 12.4. The van der Waals surface area contributed by atoms with Crippen molar-refractivity contribution in [3.63, 3.8) is 0 Å². The van der Waals surface area contributed by atoms with E-state index in [1.165, 1.54) is 17.3 Å². The van der Waals surface area contributed by atoms with Crippen molar-refractivity contribution in [2.45, 2.75) is 24.5 Å². The fourth-order valence-electron chi connectivity index (χ4n) is 2.89. The van der Waals surface area contributed by atoms with E-state index < -0.39 is 0 Å². The molecule has 0 spiro atoms. The van der Waals surface area contributed by atoms with Gasteiger partial charge in [-0.1, -0.05) is 60.3 Å². The third-order valence-electron chi connectivity index (χ3n) is 4.30. The van der Waals surface area contributed by atoms with E-state index in [0.29, 0.717) is 23.1 Å². The Hall–Kier alpha value is -3.06. The number of hydrogen-bond acceptors (Lipinski definition) is 5. The summed E-state index contributed by atoms with van der Waals surface area (Å²) in [6, 6.07) is 17.6. The van der Waals surface area contributed by atoms with E-state index in [-0.39, 0.29) is 11.7 Å². The molecule has 6 nitrogen and oxygen atoms in total. The molecule has 2 aromatic carbocycles. The second-order valence-corrected chi connectivity index (χ2v) is 7.26. The van der Waals surface area contributed by atoms with Crippen LogP contribution in [0, 0.1) is 0 Å². The van der Waals surface area contributed by atoms with Gasteiger partial charge in [0.25, 0.3) is 0 Å². The lowest BCUT2D eigenvalue weighted by Gasteiger charge is -2.10. The Morgan fingerprint density at radius 2 is 1.90 bits per heavy atom. The number of benzene rings is 2. The molecular formula is C22H24N4O2S. The quantitative estimate of drug-likeness (QED) is 0.406. The van der Waals surface area contributed by atoms with Crippen molar-refractivity contribution < 1.29 is 9.53 Å². The minimum Gasteiger partial charge on any atom is -0.495 e. The van der Waals surface area contributed by atoms with Crippen LogP contribution in [0.1, 0.15) is 11.4 Å². The largest absolute Gasteiger partial charge is 0.495 e. The zero-order chi connectivity index (χ0) is 20.5. The second-order valence-electron chi connectivity index (χ2n) is 6.32. The molecule has 0 radical (unpaired) electrons. The minimum atomic E-state index is -0.126. The van der Waals surface area contributed by atoms with Crippen molar-refractivity contribution in [1.82, 2.24) is 14.8 Å². The molecule has 0 fully saturated rings. The van der Waals surface area contributed by atoms with Crippen LogP contribution in [0.3, 0.4) is 0 Å². The molecule has 0 saturated heterocycles. The van der Waals surface area contributed by atoms with Crippen molar-refractivity contribution in [3.8, 4) is 5.75 Å². The number of aryl methyl sites for hydroxylation is 2. The van der Waals surface area contributed by atoms with E-state index in [9.17, 15) is 4.79 Å². The molecule has 0 atom stereocenters. The Morgan fingerprint density at radius 1 is 1.14 bits per heavy atom. The molecule has 150 valence electrons. The molecule has 0 unspecified atom stereocenters. The Balaban J connectivity index is 1.62. The summed E-state index contributed by atoms with van der Waals surface area (Å²) in [5.41, 5.74) is 1.91. The smallest absolute Gasteiger partial charge is 0.234 e. The van der Waals surface area contributed by atoms with E-state index >= 15 is 0 Å². The lowest BCUT2D eigenvalue weighted by atomic mass is 10.1. The van der Waals surface area contributed by atoms with Gasteiger partial charge in [-0.3, -0.25) is 4.79 Å². The highest BCUT2D eigenvalue weighted by molar-refractivity contribution is 7.99. The highest BCUT2D eigenvalue weighted by atomic mass is 32.2. The predicted octanol–water partition coefficient (Wildman–Crippen LogP) is 3.99. The first-order chi connectivity index (χ1) is 14.2. The van der Waals surface area contributed by atoms with Crippen molar-refractivity contribution in [3.05, 3.63) is 78.6 Å². The summed E-state index contributed by atoms with van der Waals surface area (Å²) in [7, 11) is 1.58. The van der Waals surface area contributed by atoms with Crippen LogP contribution >= 0.6 is 11.8 Å². The number of allylic oxidation sites excluding steroid dienone is 1. The van der Waals surface area contributed by atoms with Gasteiger partial charge in [-0.2, -0.15) is 0 Å². The number of hydrogen-bond donors (Lipinski definition) is 1. The van der Waals surface area contributed by atoms with Gasteiger partial charge in [0.15, 0.2) is 5.16 Å². The number of nitrogens with zero attached hydrogens (tertiary/aromatic N) is 3. The van der Waals surface area contributed by atoms with Crippen molar-refractivity contribution >= 4 is 23.4 Å². The maximum Gasteiger partial charge on any atom is 0.234 e. The average Bonchev–Trinajstić information content (AvgIpc) is 3.14. The summed E-state index contributed by atoms with van der Waals surface area (Å²) in [5.74, 6) is 1.62. The number of aromatic nitrogens is 3. The minimum absolute atomic E-state index is 0.126. The van der Waals surface area contributed by atoms with Gasteiger partial charge in [-0.05, 0) is 24.1 Å². The van der Waals surface area contributed by atoms with Crippen molar-refractivity contribution in [1.29, 1.82) is 0 Å². The normalized spacial score (nSPS) is 10.5. The molecule has 0 aliphatic rings. The summed E-state index contributed by atoms with van der Waals surface area (Å²) < 4.78 is 7.28. The fourth-order valence-corrected chi connectivity index (χ4v) is 3.65. The number of amides is 1. The monoisotopic (exact) mass is 408 g/mol. The van der Waals surface area contributed by atoms with Gasteiger partial charge < -0.3 is 14.6 Å². The fraction of sp³-hybridized carbons (Fsp3) is 0.227. The maximum atomic E-state index is 12.4. The van der Waals surface area contributed by atoms with Crippen LogP contribution in [0.5, 0.6) is 5.75 Å². The van der Waals surface area contributed by atoms with Gasteiger partial charge in [0.1, 0.15) is 11.6 Å². The Morgan fingerprint density at radius 3 is 2.66 bits per heavy atom. The highest BCUT2D eigenvalue weighted by Crippen LogP contribution is 2.24. The van der Waals surface area contributed by atoms with Crippen LogP contribution < -0.4 is 10.1 Å². The average molecular weight is 409 g/mol. The molecule has 7 heteroatoms. The molecule has 0 saturated carbocycles. The van der Waals surface area contributed by atoms with Gasteiger partial charge in [0.05, 0.1) is 18.6 Å². The lowest BCUT2D eigenvalue weighted by molar-refractivity contribution is -0.113. The summed E-state index contributed by atoms with van der Waals surface area (Å²) in [5, 5.41) is 12.2. The number of nitrogens with one attached hydrogen (secondary N) is 1. The van der Waals surface area contributed by atoms with Gasteiger partial charge in [-0.15, -0.1) is 16.8 Å². The molecule has 0 bridgehead atoms. The molecule has 0 aliphatic heterocycles.